The van der Waals surface area contributed by atoms with Crippen molar-refractivity contribution in [2.75, 3.05) is 30.0 Å². The Kier molecular flexibility index (Phi) is 9.48. The summed E-state index contributed by atoms with van der Waals surface area (Å²) in [6.07, 6.45) is 4.22. The van der Waals surface area contributed by atoms with Crippen LogP contribution in [0.1, 0.15) is 37.5 Å². The molecule has 0 aromatic heterocycles. The number of carbonyl (C=O) groups is 1. The molecule has 1 aromatic carbocycles. The molecule has 4 heteroatoms. The summed E-state index contributed by atoms with van der Waals surface area (Å²) in [5.74, 6) is 0.193. The zero-order valence-corrected chi connectivity index (χ0v) is 18.1. The summed E-state index contributed by atoms with van der Waals surface area (Å²) >= 11 is 0. The molecular formula is C17H29NOPY+. The maximum Gasteiger partial charge on any atom is 0.261 e. The number of aryl methyl sites for hydroxylation is 3. The summed E-state index contributed by atoms with van der Waals surface area (Å²) in [5, 5.41) is 3.15. The minimum atomic E-state index is -1.08. The molecule has 1 aromatic rings. The van der Waals surface area contributed by atoms with Gasteiger partial charge in [0.25, 0.3) is 5.91 Å². The fourth-order valence-electron chi connectivity index (χ4n) is 2.87. The van der Waals surface area contributed by atoms with Gasteiger partial charge in [-0.25, -0.2) is 0 Å². The third kappa shape index (κ3) is 5.73. The van der Waals surface area contributed by atoms with Crippen LogP contribution in [0.15, 0.2) is 12.1 Å². The Bertz CT molecular complexity index is 452. The quantitative estimate of drug-likeness (QED) is 0.714. The monoisotopic (exact) mass is 383 g/mol. The van der Waals surface area contributed by atoms with Gasteiger partial charge in [0.15, 0.2) is 0 Å². The minimum Gasteiger partial charge on any atom is -0.322 e. The molecule has 0 heterocycles. The Labute approximate surface area is 156 Å². The van der Waals surface area contributed by atoms with Gasteiger partial charge in [-0.15, -0.1) is 0 Å². The summed E-state index contributed by atoms with van der Waals surface area (Å²) in [6, 6.07) is 4.26. The first kappa shape index (κ1) is 21.2. The summed E-state index contributed by atoms with van der Waals surface area (Å²) < 4.78 is 0. The molecule has 0 saturated carbocycles. The van der Waals surface area contributed by atoms with E-state index in [1.807, 2.05) is 0 Å². The largest absolute Gasteiger partial charge is 0.322 e. The number of benzene rings is 1. The van der Waals surface area contributed by atoms with Crippen LogP contribution in [0, 0.1) is 20.8 Å². The second-order valence-corrected chi connectivity index (χ2v) is 10.7. The molecule has 2 nitrogen and oxygen atoms in total. The van der Waals surface area contributed by atoms with Gasteiger partial charge in [-0.1, -0.05) is 17.7 Å². The van der Waals surface area contributed by atoms with Crippen LogP contribution in [0.25, 0.3) is 0 Å². The summed E-state index contributed by atoms with van der Waals surface area (Å²) in [5.41, 5.74) is 4.56. The Balaban J connectivity index is 0.00000400. The van der Waals surface area contributed by atoms with Crippen molar-refractivity contribution in [3.05, 3.63) is 28.8 Å². The van der Waals surface area contributed by atoms with Gasteiger partial charge < -0.3 is 5.32 Å². The first-order chi connectivity index (χ1) is 9.37. The molecule has 0 atom stereocenters. The van der Waals surface area contributed by atoms with Crippen molar-refractivity contribution in [2.24, 2.45) is 0 Å². The number of rotatable bonds is 6. The van der Waals surface area contributed by atoms with E-state index in [-0.39, 0.29) is 38.6 Å². The first-order valence-corrected chi connectivity index (χ1v) is 10.1. The van der Waals surface area contributed by atoms with Crippen LogP contribution < -0.4 is 5.32 Å². The molecule has 0 aliphatic heterocycles. The topological polar surface area (TPSA) is 29.1 Å². The Morgan fingerprint density at radius 1 is 1.00 bits per heavy atom. The summed E-state index contributed by atoms with van der Waals surface area (Å²) in [6.45, 7) is 12.9. The molecule has 1 amide bonds. The van der Waals surface area contributed by atoms with Gasteiger partial charge >= 0.3 is 0 Å². The van der Waals surface area contributed by atoms with Crippen LogP contribution in [0.3, 0.4) is 0 Å². The van der Waals surface area contributed by atoms with Gasteiger partial charge in [0.1, 0.15) is 6.16 Å². The van der Waals surface area contributed by atoms with E-state index in [4.69, 9.17) is 0 Å². The second-order valence-electron chi connectivity index (χ2n) is 5.77. The van der Waals surface area contributed by atoms with Crippen molar-refractivity contribution in [2.45, 2.75) is 41.5 Å². The van der Waals surface area contributed by atoms with E-state index < -0.39 is 7.26 Å². The maximum atomic E-state index is 12.4. The zero-order chi connectivity index (χ0) is 15.3. The fraction of sp³-hybridized carbons (Fsp3) is 0.588. The Hall–Kier alpha value is 0.224. The predicted molar refractivity (Wildman–Crippen MR) is 92.7 cm³/mol. The average molecular weight is 383 g/mol. The molecule has 1 N–H and O–H groups in total. The molecule has 1 rings (SSSR count). The van der Waals surface area contributed by atoms with Crippen LogP contribution in [-0.4, -0.2) is 30.6 Å². The molecule has 0 bridgehead atoms. The van der Waals surface area contributed by atoms with Crippen molar-refractivity contribution in [1.29, 1.82) is 0 Å². The first-order valence-electron chi connectivity index (χ1n) is 7.60. The summed E-state index contributed by atoms with van der Waals surface area (Å²) in [4.78, 5) is 12.4. The Morgan fingerprint density at radius 3 is 1.81 bits per heavy atom. The molecule has 0 fully saturated rings. The fourth-order valence-corrected chi connectivity index (χ4v) is 5.57. The normalized spacial score (nSPS) is 11.0. The van der Waals surface area contributed by atoms with E-state index in [2.05, 4.69) is 59.0 Å². The van der Waals surface area contributed by atoms with E-state index in [9.17, 15) is 4.79 Å². The average Bonchev–Trinajstić information content (AvgIpc) is 2.40. The van der Waals surface area contributed by atoms with E-state index in [0.717, 1.165) is 23.0 Å². The van der Waals surface area contributed by atoms with Gasteiger partial charge in [0.2, 0.25) is 0 Å². The number of nitrogens with one attached hydrogen (secondary N) is 1. The van der Waals surface area contributed by atoms with Crippen LogP contribution in [0.2, 0.25) is 0 Å². The van der Waals surface area contributed by atoms with E-state index in [1.54, 1.807) is 0 Å². The van der Waals surface area contributed by atoms with Crippen LogP contribution in [-0.2, 0) is 37.5 Å². The number of hydrogen-bond acceptors (Lipinski definition) is 1. The van der Waals surface area contributed by atoms with Crippen LogP contribution in [0.4, 0.5) is 5.69 Å². The smallest absolute Gasteiger partial charge is 0.261 e. The molecule has 0 aliphatic carbocycles. The molecular weight excluding hydrogens is 354 g/mol. The van der Waals surface area contributed by atoms with E-state index in [0.29, 0.717) is 0 Å². The third-order valence-corrected chi connectivity index (χ3v) is 9.42. The molecule has 0 spiro atoms. The minimum absolute atomic E-state index is 0. The van der Waals surface area contributed by atoms with Crippen LogP contribution >= 0.6 is 7.26 Å². The van der Waals surface area contributed by atoms with Gasteiger partial charge in [-0.2, -0.15) is 0 Å². The van der Waals surface area contributed by atoms with Crippen molar-refractivity contribution in [3.63, 3.8) is 0 Å². The van der Waals surface area contributed by atoms with E-state index in [1.165, 1.54) is 24.0 Å². The molecule has 0 aliphatic rings. The number of hydrogen-bond donors (Lipinski definition) is 1. The number of carbonyl (C=O) groups excluding carboxylic acids is 1. The van der Waals surface area contributed by atoms with Gasteiger partial charge in [-0.05, 0) is 52.7 Å². The molecule has 115 valence electrons. The number of anilines is 1. The van der Waals surface area contributed by atoms with E-state index >= 15 is 0 Å². The summed E-state index contributed by atoms with van der Waals surface area (Å²) in [7, 11) is -1.08. The van der Waals surface area contributed by atoms with Crippen molar-refractivity contribution < 1.29 is 37.5 Å². The van der Waals surface area contributed by atoms with Gasteiger partial charge in [0.05, 0.1) is 18.5 Å². The molecule has 21 heavy (non-hydrogen) atoms. The molecule has 0 saturated heterocycles. The van der Waals surface area contributed by atoms with Crippen LogP contribution in [0.5, 0.6) is 0 Å². The Morgan fingerprint density at radius 2 is 1.43 bits per heavy atom. The zero-order valence-electron chi connectivity index (χ0n) is 14.4. The van der Waals surface area contributed by atoms with Crippen molar-refractivity contribution in [3.8, 4) is 0 Å². The maximum absolute atomic E-state index is 12.4. The standard InChI is InChI=1S/C17H28NOP.Y/c1-7-20(8-2,9-3)12-16(19)18-17-14(5)10-13(4)11-15(17)6;/h10-11H,7-9,12H2,1-6H3;/p+1. The van der Waals surface area contributed by atoms with Crippen molar-refractivity contribution >= 4 is 18.9 Å². The SMILES string of the molecule is CC[P+](CC)(CC)CC(=O)Nc1c(C)cc(C)cc1C.[Y]. The predicted octanol–water partition coefficient (Wildman–Crippen LogP) is 4.63. The molecule has 0 unspecified atom stereocenters. The third-order valence-electron chi connectivity index (χ3n) is 4.43. The molecule has 1 radical (unpaired) electrons. The number of amides is 1. The van der Waals surface area contributed by atoms with Gasteiger partial charge in [0, 0.05) is 45.7 Å². The van der Waals surface area contributed by atoms with Crippen molar-refractivity contribution in [1.82, 2.24) is 0 Å². The van der Waals surface area contributed by atoms with Gasteiger partial charge in [-0.3, -0.25) is 4.79 Å². The second kappa shape index (κ2) is 9.38.